The second kappa shape index (κ2) is 12.9. The Morgan fingerprint density at radius 3 is 2.18 bits per heavy atom. The Bertz CT molecular complexity index is 1060. The van der Waals surface area contributed by atoms with Crippen molar-refractivity contribution in [3.63, 3.8) is 0 Å². The highest BCUT2D eigenvalue weighted by Crippen LogP contribution is 2.28. The first-order valence-electron chi connectivity index (χ1n) is 11.4. The summed E-state index contributed by atoms with van der Waals surface area (Å²) in [5, 5.41) is 2.97. The van der Waals surface area contributed by atoms with Gasteiger partial charge < -0.3 is 10.2 Å². The number of para-hydroxylation sites is 1. The lowest BCUT2D eigenvalue weighted by atomic mass is 10.1. The summed E-state index contributed by atoms with van der Waals surface area (Å²) in [5.41, 5.74) is 1.40. The van der Waals surface area contributed by atoms with Gasteiger partial charge in [0.25, 0.3) is 0 Å². The van der Waals surface area contributed by atoms with Gasteiger partial charge in [-0.05, 0) is 59.8 Å². The molecule has 0 aliphatic carbocycles. The molecule has 0 aliphatic heterocycles. The highest BCUT2D eigenvalue weighted by Gasteiger charge is 2.32. The Balaban J connectivity index is 2.37. The molecule has 0 bridgehead atoms. The van der Waals surface area contributed by atoms with Gasteiger partial charge in [0.15, 0.2) is 0 Å². The van der Waals surface area contributed by atoms with Crippen LogP contribution in [0.25, 0.3) is 0 Å². The van der Waals surface area contributed by atoms with E-state index in [1.165, 1.54) is 4.90 Å². The first-order valence-corrected chi connectivity index (χ1v) is 14.1. The number of hydrogen-bond donors (Lipinski definition) is 1. The third-order valence-electron chi connectivity index (χ3n) is 5.67. The molecular weight excluding hydrogens is 518 g/mol. The topological polar surface area (TPSA) is 86.8 Å². The fraction of sp³-hybridized carbons (Fsp3) is 0.440. The Labute approximate surface area is 211 Å². The Hall–Kier alpha value is -2.39. The molecule has 2 aromatic carbocycles. The largest absolute Gasteiger partial charge is 0.352 e. The molecule has 34 heavy (non-hydrogen) atoms. The van der Waals surface area contributed by atoms with Crippen LogP contribution in [0.15, 0.2) is 59.1 Å². The molecule has 2 atom stereocenters. The van der Waals surface area contributed by atoms with E-state index in [1.54, 1.807) is 24.3 Å². The van der Waals surface area contributed by atoms with Crippen molar-refractivity contribution >= 4 is 43.5 Å². The maximum atomic E-state index is 13.6. The van der Waals surface area contributed by atoms with Gasteiger partial charge in [-0.1, -0.05) is 56.3 Å². The predicted molar refractivity (Wildman–Crippen MR) is 140 cm³/mol. The molecule has 186 valence electrons. The van der Waals surface area contributed by atoms with Gasteiger partial charge in [0.05, 0.1) is 11.9 Å². The highest BCUT2D eigenvalue weighted by atomic mass is 79.9. The van der Waals surface area contributed by atoms with Gasteiger partial charge >= 0.3 is 0 Å². The number of nitrogens with one attached hydrogen (secondary N) is 1. The fourth-order valence-corrected chi connectivity index (χ4v) is 5.06. The fourth-order valence-electron chi connectivity index (χ4n) is 3.59. The normalized spacial score (nSPS) is 13.1. The Morgan fingerprint density at radius 1 is 1.00 bits per heavy atom. The Kier molecular flexibility index (Phi) is 10.6. The van der Waals surface area contributed by atoms with Crippen LogP contribution in [-0.4, -0.2) is 56.6 Å². The summed E-state index contributed by atoms with van der Waals surface area (Å²) in [6.07, 6.45) is 2.80. The monoisotopic (exact) mass is 551 g/mol. The molecular formula is C25H34BrN3O4S. The van der Waals surface area contributed by atoms with Crippen molar-refractivity contribution in [3.05, 3.63) is 64.6 Å². The third-order valence-corrected chi connectivity index (χ3v) is 7.47. The van der Waals surface area contributed by atoms with Crippen LogP contribution in [0, 0.1) is 0 Å². The van der Waals surface area contributed by atoms with Crippen molar-refractivity contribution < 1.29 is 18.0 Å². The van der Waals surface area contributed by atoms with Crippen LogP contribution in [0.1, 0.15) is 39.2 Å². The predicted octanol–water partition coefficient (Wildman–Crippen LogP) is 3.98. The van der Waals surface area contributed by atoms with E-state index in [4.69, 9.17) is 0 Å². The van der Waals surface area contributed by atoms with Crippen molar-refractivity contribution in [2.24, 2.45) is 0 Å². The second-order valence-electron chi connectivity index (χ2n) is 8.29. The number of carbonyl (C=O) groups is 2. The molecule has 2 aromatic rings. The third kappa shape index (κ3) is 7.84. The van der Waals surface area contributed by atoms with Crippen LogP contribution >= 0.6 is 15.9 Å². The van der Waals surface area contributed by atoms with Crippen molar-refractivity contribution in [2.75, 3.05) is 23.7 Å². The zero-order valence-electron chi connectivity index (χ0n) is 20.2. The van der Waals surface area contributed by atoms with E-state index in [-0.39, 0.29) is 11.9 Å². The number of sulfonamides is 1. The van der Waals surface area contributed by atoms with Gasteiger partial charge in [-0.3, -0.25) is 13.9 Å². The van der Waals surface area contributed by atoms with E-state index >= 15 is 0 Å². The van der Waals surface area contributed by atoms with Crippen LogP contribution in [-0.2, 0) is 26.0 Å². The number of amides is 2. The lowest BCUT2D eigenvalue weighted by Crippen LogP contribution is -2.54. The molecule has 9 heteroatoms. The molecule has 0 fully saturated rings. The molecule has 0 unspecified atom stereocenters. The molecule has 0 spiro atoms. The smallest absolute Gasteiger partial charge is 0.244 e. The lowest BCUT2D eigenvalue weighted by molar-refractivity contribution is -0.139. The summed E-state index contributed by atoms with van der Waals surface area (Å²) >= 11 is 3.38. The molecule has 0 saturated carbocycles. The molecule has 2 amide bonds. The zero-order chi connectivity index (χ0) is 25.3. The first-order chi connectivity index (χ1) is 16.1. The summed E-state index contributed by atoms with van der Waals surface area (Å²) in [5.74, 6) is -0.659. The van der Waals surface area contributed by atoms with E-state index in [0.29, 0.717) is 29.5 Å². The van der Waals surface area contributed by atoms with Crippen molar-refractivity contribution in [2.45, 2.75) is 52.1 Å². The van der Waals surface area contributed by atoms with Gasteiger partial charge in [0, 0.05) is 17.1 Å². The number of anilines is 1. The maximum absolute atomic E-state index is 13.6. The minimum atomic E-state index is -3.76. The van der Waals surface area contributed by atoms with Gasteiger partial charge in [0.1, 0.15) is 12.6 Å². The van der Waals surface area contributed by atoms with Crippen molar-refractivity contribution in [3.8, 4) is 0 Å². The van der Waals surface area contributed by atoms with E-state index in [0.717, 1.165) is 22.5 Å². The van der Waals surface area contributed by atoms with Gasteiger partial charge in [-0.15, -0.1) is 0 Å². The molecule has 0 heterocycles. The van der Waals surface area contributed by atoms with E-state index < -0.39 is 28.5 Å². The van der Waals surface area contributed by atoms with E-state index in [1.807, 2.05) is 51.1 Å². The summed E-state index contributed by atoms with van der Waals surface area (Å²) in [6.45, 7) is 5.64. The van der Waals surface area contributed by atoms with Crippen LogP contribution < -0.4 is 9.62 Å². The average molecular weight is 553 g/mol. The standard InChI is InChI=1S/C25H34BrN3O4S/c1-5-19(3)27-25(31)22(6-2)28(17-16-20-12-8-7-9-13-20)24(30)18-29(34(4,32)33)23-15-11-10-14-21(23)26/h7-15,19,22H,5-6,16-18H2,1-4H3,(H,27,31)/t19-,22+/m1/s1. The quantitative estimate of drug-likeness (QED) is 0.432. The van der Waals surface area contributed by atoms with E-state index in [2.05, 4.69) is 21.2 Å². The number of hydrogen-bond acceptors (Lipinski definition) is 4. The summed E-state index contributed by atoms with van der Waals surface area (Å²) in [6, 6.07) is 15.8. The van der Waals surface area contributed by atoms with Gasteiger partial charge in [0.2, 0.25) is 21.8 Å². The molecule has 0 radical (unpaired) electrons. The number of halogens is 1. The number of benzene rings is 2. The highest BCUT2D eigenvalue weighted by molar-refractivity contribution is 9.10. The maximum Gasteiger partial charge on any atom is 0.244 e. The minimum absolute atomic E-state index is 0.0274. The average Bonchev–Trinajstić information content (AvgIpc) is 2.80. The lowest BCUT2D eigenvalue weighted by Gasteiger charge is -2.33. The van der Waals surface area contributed by atoms with Crippen molar-refractivity contribution in [1.82, 2.24) is 10.2 Å². The van der Waals surface area contributed by atoms with Gasteiger partial charge in [-0.25, -0.2) is 8.42 Å². The Morgan fingerprint density at radius 2 is 1.62 bits per heavy atom. The number of rotatable bonds is 12. The molecule has 1 N–H and O–H groups in total. The first kappa shape index (κ1) is 27.9. The van der Waals surface area contributed by atoms with Crippen LogP contribution in [0.3, 0.4) is 0 Å². The van der Waals surface area contributed by atoms with Crippen LogP contribution in [0.5, 0.6) is 0 Å². The van der Waals surface area contributed by atoms with Crippen LogP contribution in [0.2, 0.25) is 0 Å². The summed E-state index contributed by atoms with van der Waals surface area (Å²) < 4.78 is 26.9. The minimum Gasteiger partial charge on any atom is -0.352 e. The van der Waals surface area contributed by atoms with Crippen molar-refractivity contribution in [1.29, 1.82) is 0 Å². The number of nitrogens with zero attached hydrogens (tertiary/aromatic N) is 2. The zero-order valence-corrected chi connectivity index (χ0v) is 22.6. The molecule has 0 aromatic heterocycles. The SMILES string of the molecule is CC[C@@H](C)NC(=O)[C@H](CC)N(CCc1ccccc1)C(=O)CN(c1ccccc1Br)S(C)(=O)=O. The molecule has 2 rings (SSSR count). The second-order valence-corrected chi connectivity index (χ2v) is 11.0. The molecule has 7 nitrogen and oxygen atoms in total. The van der Waals surface area contributed by atoms with Crippen LogP contribution in [0.4, 0.5) is 5.69 Å². The summed E-state index contributed by atoms with van der Waals surface area (Å²) in [7, 11) is -3.76. The molecule has 0 saturated heterocycles. The van der Waals surface area contributed by atoms with Gasteiger partial charge in [-0.2, -0.15) is 0 Å². The molecule has 0 aliphatic rings. The van der Waals surface area contributed by atoms with E-state index in [9.17, 15) is 18.0 Å². The summed E-state index contributed by atoms with van der Waals surface area (Å²) in [4.78, 5) is 28.2. The number of carbonyl (C=O) groups excluding carboxylic acids is 2.